The molecule has 1 aromatic carbocycles. The van der Waals surface area contributed by atoms with Gasteiger partial charge in [-0.15, -0.1) is 0 Å². The molecule has 4 heteroatoms. The van der Waals surface area contributed by atoms with Gasteiger partial charge in [0.2, 0.25) is 0 Å². The molecule has 59 valence electrons. The molecule has 0 spiro atoms. The number of amides is 2. The van der Waals surface area contributed by atoms with E-state index in [1.54, 1.807) is 12.1 Å². The molecule has 1 unspecified atom stereocenters. The first-order valence-electron chi connectivity index (χ1n) is 3.53. The van der Waals surface area contributed by atoms with E-state index in [1.165, 1.54) is 0 Å². The van der Waals surface area contributed by atoms with Gasteiger partial charge in [0.05, 0.1) is 0 Å². The lowest BCUT2D eigenvalue weighted by atomic mass is 10.2. The Morgan fingerprint density at radius 2 is 2.50 bits per heavy atom. The Kier molecular flexibility index (Phi) is 1.59. The molecule has 1 heterocycles. The third-order valence-corrected chi connectivity index (χ3v) is 1.57. The van der Waals surface area contributed by atoms with Crippen LogP contribution in [0, 0.1) is 6.07 Å². The van der Waals surface area contributed by atoms with Crippen LogP contribution in [-0.2, 0) is 0 Å². The monoisotopic (exact) mass is 160 g/mol. The van der Waals surface area contributed by atoms with Crippen molar-refractivity contribution in [2.24, 2.45) is 10.2 Å². The third-order valence-electron chi connectivity index (χ3n) is 1.57. The number of carbonyl (C=O) groups excluding carboxylic acids is 1. The van der Waals surface area contributed by atoms with Crippen molar-refractivity contribution in [2.75, 3.05) is 0 Å². The van der Waals surface area contributed by atoms with Crippen LogP contribution in [0.4, 0.5) is 4.79 Å². The predicted octanol–water partition coefficient (Wildman–Crippen LogP) is 1.66. The number of nitrogens with one attached hydrogen (secondary N) is 1. The maximum Gasteiger partial charge on any atom is 0.361 e. The fourth-order valence-electron chi connectivity index (χ4n) is 1.01. The largest absolute Gasteiger partial charge is 0.361 e. The van der Waals surface area contributed by atoms with Gasteiger partial charge < -0.3 is 5.32 Å². The van der Waals surface area contributed by atoms with Crippen molar-refractivity contribution in [3.63, 3.8) is 0 Å². The predicted molar refractivity (Wildman–Crippen MR) is 41.4 cm³/mol. The molecular weight excluding hydrogens is 154 g/mol. The molecule has 1 aromatic rings. The van der Waals surface area contributed by atoms with Gasteiger partial charge >= 0.3 is 6.03 Å². The van der Waals surface area contributed by atoms with Crippen LogP contribution in [0.2, 0.25) is 0 Å². The topological polar surface area (TPSA) is 53.8 Å². The molecule has 1 aliphatic heterocycles. The van der Waals surface area contributed by atoms with E-state index in [4.69, 9.17) is 0 Å². The van der Waals surface area contributed by atoms with E-state index in [1.807, 2.05) is 12.1 Å². The summed E-state index contributed by atoms with van der Waals surface area (Å²) in [4.78, 5) is 10.6. The van der Waals surface area contributed by atoms with Crippen molar-refractivity contribution in [2.45, 2.75) is 6.17 Å². The number of hydrogen-bond donors (Lipinski definition) is 1. The molecule has 2 amide bonds. The normalized spacial score (nSPS) is 21.0. The Balaban J connectivity index is 2.23. The van der Waals surface area contributed by atoms with Gasteiger partial charge in [0.1, 0.15) is 0 Å². The molecule has 0 saturated carbocycles. The Labute approximate surface area is 69.3 Å². The van der Waals surface area contributed by atoms with Crippen LogP contribution in [0.25, 0.3) is 0 Å². The van der Waals surface area contributed by atoms with E-state index in [9.17, 15) is 4.79 Å². The van der Waals surface area contributed by atoms with Crippen molar-refractivity contribution < 1.29 is 4.79 Å². The summed E-state index contributed by atoms with van der Waals surface area (Å²) in [5.74, 6) is 0. The summed E-state index contributed by atoms with van der Waals surface area (Å²) in [5, 5.41) is 9.66. The van der Waals surface area contributed by atoms with Crippen molar-refractivity contribution in [3.8, 4) is 0 Å². The van der Waals surface area contributed by atoms with E-state index in [0.29, 0.717) is 0 Å². The molecule has 1 aliphatic rings. The molecule has 0 aromatic heterocycles. The molecular formula is C8H6N3O. The van der Waals surface area contributed by atoms with Crippen LogP contribution < -0.4 is 5.32 Å². The fourth-order valence-corrected chi connectivity index (χ4v) is 1.01. The van der Waals surface area contributed by atoms with Gasteiger partial charge in [-0.3, -0.25) is 0 Å². The Morgan fingerprint density at radius 3 is 3.08 bits per heavy atom. The molecule has 2 rings (SSSR count). The lowest BCUT2D eigenvalue weighted by Crippen LogP contribution is -2.17. The number of benzene rings is 1. The quantitative estimate of drug-likeness (QED) is 0.667. The van der Waals surface area contributed by atoms with Gasteiger partial charge in [0.15, 0.2) is 6.17 Å². The molecule has 0 saturated heterocycles. The zero-order chi connectivity index (χ0) is 8.39. The second-order valence-corrected chi connectivity index (χ2v) is 2.40. The minimum absolute atomic E-state index is 0.324. The molecule has 0 aliphatic carbocycles. The summed E-state index contributed by atoms with van der Waals surface area (Å²) in [6.45, 7) is 0. The zero-order valence-electron chi connectivity index (χ0n) is 6.19. The summed E-state index contributed by atoms with van der Waals surface area (Å²) >= 11 is 0. The minimum atomic E-state index is -0.385. The summed E-state index contributed by atoms with van der Waals surface area (Å²) in [6.07, 6.45) is -0.324. The Bertz CT molecular complexity index is 320. The fraction of sp³-hybridized carbons (Fsp3) is 0.125. The molecule has 0 bridgehead atoms. The van der Waals surface area contributed by atoms with E-state index < -0.39 is 0 Å². The van der Waals surface area contributed by atoms with Crippen LogP contribution in [0.3, 0.4) is 0 Å². The highest BCUT2D eigenvalue weighted by atomic mass is 16.2. The molecule has 0 fully saturated rings. The minimum Gasteiger partial charge on any atom is -0.307 e. The van der Waals surface area contributed by atoms with Gasteiger partial charge in [-0.1, -0.05) is 23.3 Å². The Morgan fingerprint density at radius 1 is 1.58 bits per heavy atom. The van der Waals surface area contributed by atoms with Crippen LogP contribution in [0.1, 0.15) is 11.7 Å². The third kappa shape index (κ3) is 1.18. The molecule has 4 nitrogen and oxygen atoms in total. The second kappa shape index (κ2) is 2.73. The highest BCUT2D eigenvalue weighted by Crippen LogP contribution is 2.17. The van der Waals surface area contributed by atoms with Crippen molar-refractivity contribution in [1.82, 2.24) is 5.32 Å². The summed E-state index contributed by atoms with van der Waals surface area (Å²) in [7, 11) is 0. The van der Waals surface area contributed by atoms with E-state index in [2.05, 4.69) is 21.6 Å². The van der Waals surface area contributed by atoms with Gasteiger partial charge in [-0.25, -0.2) is 4.79 Å². The second-order valence-electron chi connectivity index (χ2n) is 2.40. The highest BCUT2D eigenvalue weighted by Gasteiger charge is 2.18. The number of urea groups is 1. The van der Waals surface area contributed by atoms with Crippen molar-refractivity contribution in [1.29, 1.82) is 0 Å². The van der Waals surface area contributed by atoms with Gasteiger partial charge in [0.25, 0.3) is 0 Å². The maximum absolute atomic E-state index is 10.6. The van der Waals surface area contributed by atoms with E-state index in [0.717, 1.165) is 5.56 Å². The lowest BCUT2D eigenvalue weighted by molar-refractivity contribution is 0.250. The van der Waals surface area contributed by atoms with Gasteiger partial charge in [0, 0.05) is 0 Å². The van der Waals surface area contributed by atoms with Crippen LogP contribution in [0.15, 0.2) is 34.5 Å². The number of carbonyl (C=O) groups is 1. The zero-order valence-corrected chi connectivity index (χ0v) is 6.19. The summed E-state index contributed by atoms with van der Waals surface area (Å²) in [5.41, 5.74) is 0.895. The average Bonchev–Trinajstić information content (AvgIpc) is 2.54. The van der Waals surface area contributed by atoms with Crippen LogP contribution >= 0.6 is 0 Å². The number of azo groups is 1. The molecule has 1 radical (unpaired) electrons. The number of nitrogens with zero attached hydrogens (tertiary/aromatic N) is 2. The van der Waals surface area contributed by atoms with E-state index in [-0.39, 0.29) is 12.2 Å². The first kappa shape index (κ1) is 6.97. The van der Waals surface area contributed by atoms with Gasteiger partial charge in [-0.2, -0.15) is 5.11 Å². The molecule has 12 heavy (non-hydrogen) atoms. The average molecular weight is 160 g/mol. The first-order valence-corrected chi connectivity index (χ1v) is 3.53. The smallest absolute Gasteiger partial charge is 0.307 e. The Hall–Kier alpha value is -1.71. The molecule has 1 N–H and O–H groups in total. The molecule has 1 atom stereocenters. The maximum atomic E-state index is 10.6. The standard InChI is InChI=1S/C8H6N3O/c12-8-9-7(10-11-8)6-4-2-1-3-5-6/h1-2,4-5,7H,(H,9,12). The van der Waals surface area contributed by atoms with Crippen molar-refractivity contribution >= 4 is 6.03 Å². The highest BCUT2D eigenvalue weighted by molar-refractivity contribution is 5.76. The van der Waals surface area contributed by atoms with E-state index >= 15 is 0 Å². The lowest BCUT2D eigenvalue weighted by Gasteiger charge is -2.04. The first-order chi connectivity index (χ1) is 5.86. The number of hydrogen-bond acceptors (Lipinski definition) is 2. The summed E-state index contributed by atoms with van der Waals surface area (Å²) in [6, 6.07) is 9.79. The number of rotatable bonds is 1. The van der Waals surface area contributed by atoms with Crippen LogP contribution in [0.5, 0.6) is 0 Å². The van der Waals surface area contributed by atoms with Gasteiger partial charge in [-0.05, 0) is 17.7 Å². The van der Waals surface area contributed by atoms with Crippen molar-refractivity contribution in [3.05, 3.63) is 35.9 Å². The SMILES string of the molecule is O=C1N=NC(c2c[c]ccc2)N1. The summed E-state index contributed by atoms with van der Waals surface area (Å²) < 4.78 is 0. The van der Waals surface area contributed by atoms with Crippen LogP contribution in [-0.4, -0.2) is 6.03 Å².